The van der Waals surface area contributed by atoms with E-state index in [1.54, 1.807) is 0 Å². The molecule has 0 saturated heterocycles. The first-order chi connectivity index (χ1) is 14.7. The van der Waals surface area contributed by atoms with Crippen LogP contribution in [0.1, 0.15) is 60.7 Å². The molecule has 0 saturated carbocycles. The lowest BCUT2D eigenvalue weighted by molar-refractivity contribution is -0.583. The number of rotatable bonds is 10. The second-order valence-electron chi connectivity index (χ2n) is 7.98. The van der Waals surface area contributed by atoms with Crippen LogP contribution in [0.3, 0.4) is 0 Å². The molecular formula is C26H32N3O+. The molecule has 4 heteroatoms. The molecule has 2 N–H and O–H groups in total. The molecule has 1 aliphatic rings. The highest BCUT2D eigenvalue weighted by Gasteiger charge is 2.26. The molecule has 4 nitrogen and oxygen atoms in total. The maximum absolute atomic E-state index is 5.88. The number of fused-ring (bicyclic) bond motifs is 3. The quantitative estimate of drug-likeness (QED) is 0.386. The molecule has 30 heavy (non-hydrogen) atoms. The summed E-state index contributed by atoms with van der Waals surface area (Å²) in [5.74, 6) is 0.945. The molecule has 2 aromatic heterocycles. The number of aryl methyl sites for hydroxylation is 1. The first kappa shape index (κ1) is 20.4. The number of nitrogens with two attached hydrogens (primary N) is 1. The number of benzene rings is 1. The molecular weight excluding hydrogens is 370 g/mol. The maximum atomic E-state index is 5.88. The third-order valence-corrected chi connectivity index (χ3v) is 5.72. The van der Waals surface area contributed by atoms with E-state index in [9.17, 15) is 0 Å². The maximum Gasteiger partial charge on any atom is 0.242 e. The van der Waals surface area contributed by atoms with Gasteiger partial charge in [0.2, 0.25) is 11.9 Å². The summed E-state index contributed by atoms with van der Waals surface area (Å²) in [5, 5.41) is 0. The van der Waals surface area contributed by atoms with Gasteiger partial charge in [0.1, 0.15) is 17.0 Å². The van der Waals surface area contributed by atoms with Crippen LogP contribution < -0.4 is 14.8 Å². The average molecular weight is 403 g/mol. The Bertz CT molecular complexity index is 1120. The zero-order valence-electron chi connectivity index (χ0n) is 18.1. The molecule has 0 unspecified atom stereocenters. The number of hydrogen-bond acceptors (Lipinski definition) is 2. The van der Waals surface area contributed by atoms with Crippen LogP contribution in [0.2, 0.25) is 0 Å². The van der Waals surface area contributed by atoms with Gasteiger partial charge in [0, 0.05) is 12.2 Å². The van der Waals surface area contributed by atoms with Gasteiger partial charge < -0.3 is 10.5 Å². The number of allylic oxidation sites excluding steroid dienone is 1. The number of aromatic nitrogens is 2. The van der Waals surface area contributed by atoms with Gasteiger partial charge in [-0.25, -0.2) is 0 Å². The van der Waals surface area contributed by atoms with Crippen LogP contribution >= 0.6 is 0 Å². The molecule has 4 rings (SSSR count). The molecule has 1 aromatic carbocycles. The monoisotopic (exact) mass is 402 g/mol. The SMILES string of the molecule is CCCCCCOc1ccc(C=Cc2cc(C)c3c(CCN)c4[n+](n23)=CC=C4)cc1. The highest BCUT2D eigenvalue weighted by Crippen LogP contribution is 2.25. The van der Waals surface area contributed by atoms with E-state index in [4.69, 9.17) is 10.5 Å². The van der Waals surface area contributed by atoms with E-state index in [1.165, 1.54) is 52.9 Å². The summed E-state index contributed by atoms with van der Waals surface area (Å²) < 4.78 is 10.4. The Hall–Kier alpha value is -2.85. The Morgan fingerprint density at radius 2 is 1.93 bits per heavy atom. The van der Waals surface area contributed by atoms with Crippen LogP contribution in [0.25, 0.3) is 23.7 Å². The fourth-order valence-corrected chi connectivity index (χ4v) is 4.24. The van der Waals surface area contributed by atoms with Crippen LogP contribution in [-0.2, 0) is 6.42 Å². The van der Waals surface area contributed by atoms with Crippen LogP contribution in [0.4, 0.5) is 0 Å². The largest absolute Gasteiger partial charge is 0.494 e. The zero-order chi connectivity index (χ0) is 20.9. The number of nitrogens with zero attached hydrogens (tertiary/aromatic N) is 2. The molecule has 156 valence electrons. The summed E-state index contributed by atoms with van der Waals surface area (Å²) in [6.45, 7) is 5.86. The molecule has 3 heterocycles. The first-order valence-corrected chi connectivity index (χ1v) is 11.1. The molecule has 0 fully saturated rings. The summed E-state index contributed by atoms with van der Waals surface area (Å²) in [6, 6.07) is 10.6. The number of ether oxygens (including phenoxy) is 1. The average Bonchev–Trinajstić information content (AvgIpc) is 3.42. The Morgan fingerprint density at radius 3 is 2.70 bits per heavy atom. The lowest BCUT2D eigenvalue weighted by Crippen LogP contribution is -2.24. The molecule has 0 amide bonds. The lowest BCUT2D eigenvalue weighted by Gasteiger charge is -2.06. The van der Waals surface area contributed by atoms with E-state index in [1.807, 2.05) is 0 Å². The van der Waals surface area contributed by atoms with Gasteiger partial charge in [0.05, 0.1) is 12.2 Å². The van der Waals surface area contributed by atoms with Crippen molar-refractivity contribution in [2.75, 3.05) is 13.2 Å². The minimum Gasteiger partial charge on any atom is -0.494 e. The molecule has 3 aromatic rings. The van der Waals surface area contributed by atoms with Crippen molar-refractivity contribution >= 4 is 23.7 Å². The molecule has 0 spiro atoms. The summed E-state index contributed by atoms with van der Waals surface area (Å²) in [6.07, 6.45) is 16.5. The topological polar surface area (TPSA) is 45.6 Å². The lowest BCUT2D eigenvalue weighted by atomic mass is 10.1. The smallest absolute Gasteiger partial charge is 0.242 e. The van der Waals surface area contributed by atoms with Crippen molar-refractivity contribution in [3.63, 3.8) is 0 Å². The Balaban J connectivity index is 1.52. The van der Waals surface area contributed by atoms with Crippen molar-refractivity contribution < 1.29 is 9.09 Å². The predicted molar refractivity (Wildman–Crippen MR) is 124 cm³/mol. The summed E-state index contributed by atoms with van der Waals surface area (Å²) in [5.41, 5.74) is 13.4. The zero-order valence-corrected chi connectivity index (χ0v) is 18.1. The van der Waals surface area contributed by atoms with Crippen LogP contribution in [0.5, 0.6) is 5.75 Å². The molecule has 0 atom stereocenters. The van der Waals surface area contributed by atoms with Gasteiger partial charge in [-0.05, 0) is 61.7 Å². The van der Waals surface area contributed by atoms with Gasteiger partial charge in [-0.15, -0.1) is 4.52 Å². The van der Waals surface area contributed by atoms with Gasteiger partial charge >= 0.3 is 0 Å². The fourth-order valence-electron chi connectivity index (χ4n) is 4.24. The van der Waals surface area contributed by atoms with E-state index in [0.29, 0.717) is 6.54 Å². The van der Waals surface area contributed by atoms with Crippen molar-refractivity contribution in [1.82, 2.24) is 4.52 Å². The molecule has 0 aliphatic carbocycles. The fraction of sp³-hybridized carbons (Fsp3) is 0.346. The second-order valence-corrected chi connectivity index (χ2v) is 7.98. The van der Waals surface area contributed by atoms with E-state index < -0.39 is 0 Å². The van der Waals surface area contributed by atoms with E-state index >= 15 is 0 Å². The van der Waals surface area contributed by atoms with Crippen molar-refractivity contribution in [2.45, 2.75) is 46.0 Å². The predicted octanol–water partition coefficient (Wildman–Crippen LogP) is 4.92. The summed E-state index contributed by atoms with van der Waals surface area (Å²) in [4.78, 5) is 0. The van der Waals surface area contributed by atoms with Gasteiger partial charge in [0.25, 0.3) is 0 Å². The highest BCUT2D eigenvalue weighted by atomic mass is 16.5. The number of hydrogen-bond donors (Lipinski definition) is 1. The minimum atomic E-state index is 0.656. The highest BCUT2D eigenvalue weighted by molar-refractivity contribution is 5.75. The van der Waals surface area contributed by atoms with Crippen molar-refractivity contribution in [3.8, 4) is 5.75 Å². The first-order valence-electron chi connectivity index (χ1n) is 11.1. The standard InChI is InChI=1S/C26H32N3O/c1-3-4-5-6-18-30-23-13-10-21(11-14-23)9-12-22-19-20(2)26-24(15-16-27)25-8-7-17-28(25)29(22)26/h7-14,17,19H,3-6,15-16,18,27H2,1-2H3/q+1. The van der Waals surface area contributed by atoms with Crippen LogP contribution in [0.15, 0.2) is 36.4 Å². The Labute approximate surface area is 179 Å². The third kappa shape index (κ3) is 4.05. The van der Waals surface area contributed by atoms with Crippen LogP contribution in [-0.4, -0.2) is 17.7 Å². The van der Waals surface area contributed by atoms with Crippen molar-refractivity contribution in [2.24, 2.45) is 5.73 Å². The normalized spacial score (nSPS) is 12.8. The number of unbranched alkanes of at least 4 members (excludes halogenated alkanes) is 3. The van der Waals surface area contributed by atoms with E-state index in [-0.39, 0.29) is 0 Å². The third-order valence-electron chi connectivity index (χ3n) is 5.72. The van der Waals surface area contributed by atoms with Crippen molar-refractivity contribution in [3.05, 3.63) is 70.7 Å². The molecule has 1 aliphatic heterocycles. The second kappa shape index (κ2) is 9.31. The van der Waals surface area contributed by atoms with Crippen LogP contribution in [0, 0.1) is 13.1 Å². The summed E-state index contributed by atoms with van der Waals surface area (Å²) in [7, 11) is 0. The van der Waals surface area contributed by atoms with Gasteiger partial charge in [-0.2, -0.15) is 0 Å². The summed E-state index contributed by atoms with van der Waals surface area (Å²) >= 11 is 0. The minimum absolute atomic E-state index is 0.656. The van der Waals surface area contributed by atoms with Crippen molar-refractivity contribution in [1.29, 1.82) is 0 Å². The van der Waals surface area contributed by atoms with E-state index in [2.05, 4.69) is 83.6 Å². The van der Waals surface area contributed by atoms with Gasteiger partial charge in [-0.3, -0.25) is 0 Å². The van der Waals surface area contributed by atoms with E-state index in [0.717, 1.165) is 25.2 Å². The molecule has 0 bridgehead atoms. The van der Waals surface area contributed by atoms with Gasteiger partial charge in [-0.1, -0.05) is 48.8 Å². The van der Waals surface area contributed by atoms with Gasteiger partial charge in [0.15, 0.2) is 0 Å². The molecule has 0 radical (unpaired) electrons. The Morgan fingerprint density at radius 1 is 1.10 bits per heavy atom. The Kier molecular flexibility index (Phi) is 6.34.